The topological polar surface area (TPSA) is 48.5 Å². The van der Waals surface area contributed by atoms with Gasteiger partial charge in [0, 0.05) is 12.1 Å². The van der Waals surface area contributed by atoms with Crippen LogP contribution in [0, 0.1) is 29.1 Å². The molecule has 0 spiro atoms. The Morgan fingerprint density at radius 1 is 1.30 bits per heavy atom. The second-order valence-corrected chi connectivity index (χ2v) is 10.9. The molecule has 4 fully saturated rings. The van der Waals surface area contributed by atoms with Gasteiger partial charge in [0.2, 0.25) is 0 Å². The number of quaternary nitrogens is 1. The third-order valence-corrected chi connectivity index (χ3v) is 8.12. The summed E-state index contributed by atoms with van der Waals surface area (Å²) in [5.74, 6) is 2.62. The fourth-order valence-electron chi connectivity index (χ4n) is 6.34. The van der Waals surface area contributed by atoms with Crippen molar-refractivity contribution in [3.05, 3.63) is 21.3 Å². The largest absolute Gasteiger partial charge is 0.331 e. The van der Waals surface area contributed by atoms with Gasteiger partial charge in [0.05, 0.1) is 28.8 Å². The van der Waals surface area contributed by atoms with Crippen LogP contribution in [0.3, 0.4) is 0 Å². The predicted octanol–water partition coefficient (Wildman–Crippen LogP) is 3.13. The highest BCUT2D eigenvalue weighted by Crippen LogP contribution is 2.57. The SMILES string of the molecule is C[NH+](CC(=O)N(CCC#N)C12CC3CC(CC(C3)C1)C2)Cc1ccc(Cl)s1. The van der Waals surface area contributed by atoms with Gasteiger partial charge in [-0.1, -0.05) is 11.6 Å². The third-order valence-electron chi connectivity index (χ3n) is 6.88. The Labute approximate surface area is 171 Å². The highest BCUT2D eigenvalue weighted by Gasteiger charge is 2.54. The van der Waals surface area contributed by atoms with Crippen molar-refractivity contribution in [1.82, 2.24) is 4.90 Å². The number of hydrogen-bond donors (Lipinski definition) is 1. The first-order chi connectivity index (χ1) is 13.0. The van der Waals surface area contributed by atoms with Gasteiger partial charge in [0.1, 0.15) is 6.54 Å². The molecule has 0 radical (unpaired) electrons. The van der Waals surface area contributed by atoms with Gasteiger partial charge in [0.15, 0.2) is 6.54 Å². The van der Waals surface area contributed by atoms with Crippen molar-refractivity contribution in [3.63, 3.8) is 0 Å². The Bertz CT molecular complexity index is 705. The van der Waals surface area contributed by atoms with E-state index in [1.165, 1.54) is 29.0 Å². The Balaban J connectivity index is 1.46. The molecule has 27 heavy (non-hydrogen) atoms. The molecule has 1 unspecified atom stereocenters. The number of rotatable bonds is 7. The smallest absolute Gasteiger partial charge is 0.278 e. The highest BCUT2D eigenvalue weighted by molar-refractivity contribution is 7.16. The van der Waals surface area contributed by atoms with Gasteiger partial charge in [0.25, 0.3) is 5.91 Å². The van der Waals surface area contributed by atoms with E-state index in [1.54, 1.807) is 11.3 Å². The second kappa shape index (κ2) is 7.73. The van der Waals surface area contributed by atoms with Crippen LogP contribution in [0.1, 0.15) is 49.8 Å². The van der Waals surface area contributed by atoms with Crippen molar-refractivity contribution in [1.29, 1.82) is 5.26 Å². The average molecular weight is 407 g/mol. The van der Waals surface area contributed by atoms with Crippen molar-refractivity contribution in [2.45, 2.75) is 57.0 Å². The number of thiophene rings is 1. The summed E-state index contributed by atoms with van der Waals surface area (Å²) in [5, 5.41) is 9.15. The number of nitrogens with one attached hydrogen (secondary N) is 1. The lowest BCUT2D eigenvalue weighted by Gasteiger charge is -2.60. The molecule has 4 aliphatic carbocycles. The van der Waals surface area contributed by atoms with Gasteiger partial charge < -0.3 is 9.80 Å². The third kappa shape index (κ3) is 4.04. The van der Waals surface area contributed by atoms with E-state index in [0.717, 1.165) is 47.9 Å². The van der Waals surface area contributed by atoms with Crippen LogP contribution in [0.5, 0.6) is 0 Å². The average Bonchev–Trinajstić information content (AvgIpc) is 2.98. The summed E-state index contributed by atoms with van der Waals surface area (Å²) >= 11 is 7.63. The van der Waals surface area contributed by atoms with Crippen molar-refractivity contribution in [3.8, 4) is 6.07 Å². The van der Waals surface area contributed by atoms with Gasteiger partial charge in [-0.05, 0) is 68.4 Å². The molecule has 4 nitrogen and oxygen atoms in total. The Kier molecular flexibility index (Phi) is 5.51. The van der Waals surface area contributed by atoms with E-state index in [2.05, 4.69) is 18.0 Å². The zero-order valence-corrected chi connectivity index (χ0v) is 17.6. The van der Waals surface area contributed by atoms with E-state index in [4.69, 9.17) is 16.9 Å². The molecule has 0 aliphatic heterocycles. The quantitative estimate of drug-likeness (QED) is 0.756. The minimum atomic E-state index is 0.0369. The molecule has 1 atom stereocenters. The van der Waals surface area contributed by atoms with Gasteiger partial charge >= 0.3 is 0 Å². The fourth-order valence-corrected chi connectivity index (χ4v) is 7.55. The molecule has 1 aromatic heterocycles. The standard InChI is InChI=1S/C21H28ClN3OS/c1-24(13-18-3-4-19(22)27-18)14-20(26)25(6-2-5-23)21-10-15-7-16(11-21)9-17(8-15)12-21/h3-4,15-17H,2,6-14H2,1H3/p+1. The second-order valence-electron chi connectivity index (χ2n) is 9.11. The van der Waals surface area contributed by atoms with E-state index >= 15 is 0 Å². The van der Waals surface area contributed by atoms with Gasteiger partial charge in [-0.25, -0.2) is 0 Å². The summed E-state index contributed by atoms with van der Waals surface area (Å²) in [6.45, 7) is 1.90. The number of carbonyl (C=O) groups is 1. The molecule has 5 rings (SSSR count). The zero-order valence-electron chi connectivity index (χ0n) is 16.0. The summed E-state index contributed by atoms with van der Waals surface area (Å²) in [6, 6.07) is 6.24. The van der Waals surface area contributed by atoms with Gasteiger partial charge in [-0.3, -0.25) is 4.79 Å². The van der Waals surface area contributed by atoms with Crippen LogP contribution in [0.25, 0.3) is 0 Å². The van der Waals surface area contributed by atoms with Crippen LogP contribution in [-0.4, -0.2) is 36.5 Å². The molecular weight excluding hydrogens is 378 g/mol. The lowest BCUT2D eigenvalue weighted by molar-refractivity contribution is -0.885. The Morgan fingerprint density at radius 2 is 1.93 bits per heavy atom. The summed E-state index contributed by atoms with van der Waals surface area (Å²) in [5.41, 5.74) is 0.0369. The summed E-state index contributed by atoms with van der Waals surface area (Å²) < 4.78 is 0.799. The van der Waals surface area contributed by atoms with Gasteiger partial charge in [-0.2, -0.15) is 5.26 Å². The molecule has 1 heterocycles. The lowest BCUT2D eigenvalue weighted by atomic mass is 9.52. The van der Waals surface area contributed by atoms with Crippen LogP contribution in [0.2, 0.25) is 4.34 Å². The highest BCUT2D eigenvalue weighted by atomic mass is 35.5. The lowest BCUT2D eigenvalue weighted by Crippen LogP contribution is -3.09. The fraction of sp³-hybridized carbons (Fsp3) is 0.714. The number of hydrogen-bond acceptors (Lipinski definition) is 3. The first kappa shape index (κ1) is 19.2. The van der Waals surface area contributed by atoms with Crippen molar-refractivity contribution >= 4 is 28.8 Å². The number of amides is 1. The molecule has 1 aromatic rings. The molecule has 4 bridgehead atoms. The Morgan fingerprint density at radius 3 is 2.44 bits per heavy atom. The van der Waals surface area contributed by atoms with Crippen LogP contribution < -0.4 is 4.90 Å². The van der Waals surface area contributed by atoms with Crippen LogP contribution in [0.15, 0.2) is 12.1 Å². The van der Waals surface area contributed by atoms with E-state index < -0.39 is 0 Å². The number of halogens is 1. The normalized spacial score (nSPS) is 32.3. The maximum Gasteiger partial charge on any atom is 0.278 e. The molecule has 6 heteroatoms. The van der Waals surface area contributed by atoms with E-state index in [9.17, 15) is 4.79 Å². The summed E-state index contributed by atoms with van der Waals surface area (Å²) in [6.07, 6.45) is 8.02. The minimum Gasteiger partial charge on any atom is -0.331 e. The molecule has 0 aromatic carbocycles. The molecule has 4 saturated carbocycles. The zero-order chi connectivity index (χ0) is 19.0. The van der Waals surface area contributed by atoms with E-state index in [1.807, 2.05) is 12.1 Å². The van der Waals surface area contributed by atoms with Crippen LogP contribution in [0.4, 0.5) is 0 Å². The van der Waals surface area contributed by atoms with Crippen molar-refractivity contribution < 1.29 is 9.69 Å². The molecule has 4 aliphatic rings. The van der Waals surface area contributed by atoms with Crippen LogP contribution >= 0.6 is 22.9 Å². The van der Waals surface area contributed by atoms with E-state index in [-0.39, 0.29) is 11.4 Å². The summed E-state index contributed by atoms with van der Waals surface area (Å²) in [4.78, 5) is 17.9. The van der Waals surface area contributed by atoms with Gasteiger partial charge in [-0.15, -0.1) is 11.3 Å². The maximum atomic E-state index is 13.3. The predicted molar refractivity (Wildman–Crippen MR) is 108 cm³/mol. The molecule has 1 amide bonds. The maximum absolute atomic E-state index is 13.3. The molecular formula is C21H29ClN3OS+. The van der Waals surface area contributed by atoms with Crippen molar-refractivity contribution in [2.75, 3.05) is 20.1 Å². The first-order valence-corrected chi connectivity index (χ1v) is 11.4. The monoisotopic (exact) mass is 406 g/mol. The van der Waals surface area contributed by atoms with E-state index in [0.29, 0.717) is 19.5 Å². The molecule has 0 saturated heterocycles. The number of carbonyl (C=O) groups excluding carboxylic acids is 1. The molecule has 1 N–H and O–H groups in total. The van der Waals surface area contributed by atoms with Crippen molar-refractivity contribution in [2.24, 2.45) is 17.8 Å². The van der Waals surface area contributed by atoms with Crippen LogP contribution in [-0.2, 0) is 11.3 Å². The number of nitrogens with zero attached hydrogens (tertiary/aromatic N) is 2. The minimum absolute atomic E-state index is 0.0369. The number of likely N-dealkylation sites (N-methyl/N-ethyl adjacent to an activating group) is 1. The first-order valence-electron chi connectivity index (χ1n) is 10.2. The number of nitriles is 1. The Hall–Kier alpha value is -1.09. The summed E-state index contributed by atoms with van der Waals surface area (Å²) in [7, 11) is 2.08. The molecule has 146 valence electrons.